The number of imidazole rings is 1. The van der Waals surface area contributed by atoms with E-state index in [0.717, 1.165) is 56.4 Å². The smallest absolute Gasteiger partial charge is 0.326 e. The summed E-state index contributed by atoms with van der Waals surface area (Å²) in [6.45, 7) is 7.44. The van der Waals surface area contributed by atoms with Gasteiger partial charge in [-0.15, -0.1) is 12.4 Å². The summed E-state index contributed by atoms with van der Waals surface area (Å²) < 4.78 is 7.98. The Balaban J connectivity index is 0.00000240. The summed E-state index contributed by atoms with van der Waals surface area (Å²) in [7, 11) is 0. The van der Waals surface area contributed by atoms with Crippen LogP contribution >= 0.6 is 12.4 Å². The Morgan fingerprint density at radius 2 is 1.76 bits per heavy atom. The Bertz CT molecular complexity index is 830. The summed E-state index contributed by atoms with van der Waals surface area (Å²) in [6, 6.07) is 7.38. The maximum absolute atomic E-state index is 12.6. The van der Waals surface area contributed by atoms with Crippen molar-refractivity contribution >= 4 is 23.4 Å². The van der Waals surface area contributed by atoms with E-state index in [1.807, 2.05) is 4.57 Å². The standard InChI is InChI=1S/C23H35N3O2.ClH/c1-3-15-28-20-8-6-18(7-9-20)25-13-11-19(12-14-25)26-22-16-17(4-2)5-10-21(22)24-23(26)27;/h5,10,16,18-20H,3-4,6-9,11-15H2,1-2H3,(H,24,27);1H. The molecule has 2 heterocycles. The van der Waals surface area contributed by atoms with Gasteiger partial charge in [0.25, 0.3) is 0 Å². The molecular weight excluding hydrogens is 386 g/mol. The molecule has 5 nitrogen and oxygen atoms in total. The van der Waals surface area contributed by atoms with Crippen LogP contribution in [0.5, 0.6) is 0 Å². The lowest BCUT2D eigenvalue weighted by atomic mass is 9.90. The Kier molecular flexibility index (Phi) is 7.83. The number of ether oxygens (including phenoxy) is 1. The molecule has 2 aromatic rings. The van der Waals surface area contributed by atoms with E-state index in [9.17, 15) is 4.79 Å². The highest BCUT2D eigenvalue weighted by molar-refractivity contribution is 5.85. The topological polar surface area (TPSA) is 50.3 Å². The third-order valence-corrected chi connectivity index (χ3v) is 6.77. The molecule has 0 amide bonds. The number of halogens is 1. The van der Waals surface area contributed by atoms with Crippen LogP contribution in [0, 0.1) is 0 Å². The highest BCUT2D eigenvalue weighted by atomic mass is 35.5. The van der Waals surface area contributed by atoms with Crippen molar-refractivity contribution in [3.8, 4) is 0 Å². The van der Waals surface area contributed by atoms with Crippen LogP contribution in [0.25, 0.3) is 11.0 Å². The first kappa shape index (κ1) is 22.4. The number of rotatable bonds is 6. The second kappa shape index (κ2) is 10.1. The van der Waals surface area contributed by atoms with Crippen LogP contribution in [0.2, 0.25) is 0 Å². The van der Waals surface area contributed by atoms with Crippen LogP contribution < -0.4 is 5.69 Å². The molecule has 6 heteroatoms. The summed E-state index contributed by atoms with van der Waals surface area (Å²) in [4.78, 5) is 18.3. The Labute approximate surface area is 180 Å². The van der Waals surface area contributed by atoms with Crippen molar-refractivity contribution in [2.75, 3.05) is 19.7 Å². The number of nitrogens with zero attached hydrogens (tertiary/aromatic N) is 2. The third kappa shape index (κ3) is 4.89. The van der Waals surface area contributed by atoms with Crippen LogP contribution in [-0.4, -0.2) is 46.3 Å². The fraction of sp³-hybridized carbons (Fsp3) is 0.696. The summed E-state index contributed by atoms with van der Waals surface area (Å²) in [5.41, 5.74) is 3.39. The number of aryl methyl sites for hydroxylation is 1. The van der Waals surface area contributed by atoms with Gasteiger partial charge in [-0.05, 0) is 69.1 Å². The van der Waals surface area contributed by atoms with E-state index in [4.69, 9.17) is 4.74 Å². The van der Waals surface area contributed by atoms with Gasteiger partial charge in [-0.2, -0.15) is 0 Å². The molecule has 1 aromatic carbocycles. The monoisotopic (exact) mass is 421 g/mol. The molecule has 1 saturated heterocycles. The average Bonchev–Trinajstić information content (AvgIpc) is 3.07. The fourth-order valence-electron chi connectivity index (χ4n) is 5.12. The largest absolute Gasteiger partial charge is 0.378 e. The van der Waals surface area contributed by atoms with Gasteiger partial charge < -0.3 is 14.6 Å². The first-order valence-electron chi connectivity index (χ1n) is 11.3. The third-order valence-electron chi connectivity index (χ3n) is 6.77. The molecule has 2 fully saturated rings. The molecule has 1 N–H and O–H groups in total. The van der Waals surface area contributed by atoms with Crippen molar-refractivity contribution in [2.24, 2.45) is 0 Å². The second-order valence-corrected chi connectivity index (χ2v) is 8.57. The number of nitrogens with one attached hydrogen (secondary N) is 1. The maximum Gasteiger partial charge on any atom is 0.326 e. The van der Waals surface area contributed by atoms with E-state index >= 15 is 0 Å². The van der Waals surface area contributed by atoms with E-state index in [-0.39, 0.29) is 18.1 Å². The molecule has 0 unspecified atom stereocenters. The summed E-state index contributed by atoms with van der Waals surface area (Å²) in [5.74, 6) is 0. The van der Waals surface area contributed by atoms with E-state index < -0.39 is 0 Å². The highest BCUT2D eigenvalue weighted by Gasteiger charge is 2.30. The minimum absolute atomic E-state index is 0. The van der Waals surface area contributed by atoms with Gasteiger partial charge in [-0.3, -0.25) is 4.57 Å². The molecule has 0 bridgehead atoms. The van der Waals surface area contributed by atoms with E-state index in [1.165, 1.54) is 31.2 Å². The maximum atomic E-state index is 12.6. The zero-order valence-corrected chi connectivity index (χ0v) is 18.7. The Hall–Kier alpha value is -1.30. The number of aromatic amines is 1. The van der Waals surface area contributed by atoms with Crippen LogP contribution in [-0.2, 0) is 11.2 Å². The molecular formula is C23H36ClN3O2. The number of benzene rings is 1. The van der Waals surface area contributed by atoms with Crippen molar-refractivity contribution in [3.05, 3.63) is 34.2 Å². The molecule has 1 saturated carbocycles. The molecule has 1 aromatic heterocycles. The SMILES string of the molecule is CCCOC1CCC(N2CCC(n3c(=O)[nH]c4ccc(CC)cc43)CC2)CC1.Cl. The Morgan fingerprint density at radius 1 is 1.03 bits per heavy atom. The molecule has 0 radical (unpaired) electrons. The number of aromatic nitrogens is 2. The second-order valence-electron chi connectivity index (χ2n) is 8.57. The minimum atomic E-state index is 0. The van der Waals surface area contributed by atoms with Gasteiger partial charge in [-0.25, -0.2) is 4.79 Å². The van der Waals surface area contributed by atoms with E-state index in [1.54, 1.807) is 0 Å². The van der Waals surface area contributed by atoms with Crippen LogP contribution in [0.1, 0.15) is 70.4 Å². The molecule has 1 aliphatic carbocycles. The van der Waals surface area contributed by atoms with Crippen LogP contribution in [0.3, 0.4) is 0 Å². The molecule has 1 aliphatic heterocycles. The van der Waals surface area contributed by atoms with Crippen molar-refractivity contribution < 1.29 is 4.74 Å². The number of hydrogen-bond acceptors (Lipinski definition) is 3. The van der Waals surface area contributed by atoms with Crippen molar-refractivity contribution in [1.29, 1.82) is 0 Å². The fourth-order valence-corrected chi connectivity index (χ4v) is 5.12. The number of likely N-dealkylation sites (tertiary alicyclic amines) is 1. The van der Waals surface area contributed by atoms with Crippen molar-refractivity contribution in [3.63, 3.8) is 0 Å². The normalized spacial score (nSPS) is 23.9. The zero-order valence-electron chi connectivity index (χ0n) is 17.9. The van der Waals surface area contributed by atoms with Gasteiger partial charge in [0.15, 0.2) is 0 Å². The van der Waals surface area contributed by atoms with Gasteiger partial charge in [0.2, 0.25) is 0 Å². The molecule has 0 spiro atoms. The molecule has 4 rings (SSSR count). The molecule has 29 heavy (non-hydrogen) atoms. The zero-order chi connectivity index (χ0) is 19.5. The van der Waals surface area contributed by atoms with Gasteiger partial charge >= 0.3 is 5.69 Å². The minimum Gasteiger partial charge on any atom is -0.378 e. The van der Waals surface area contributed by atoms with Crippen molar-refractivity contribution in [1.82, 2.24) is 14.5 Å². The molecule has 162 valence electrons. The molecule has 0 atom stereocenters. The predicted octanol–water partition coefficient (Wildman–Crippen LogP) is 4.69. The van der Waals surface area contributed by atoms with Crippen LogP contribution in [0.4, 0.5) is 0 Å². The Morgan fingerprint density at radius 3 is 2.41 bits per heavy atom. The molecule has 2 aliphatic rings. The average molecular weight is 422 g/mol. The number of fused-ring (bicyclic) bond motifs is 1. The number of piperidine rings is 1. The van der Waals surface area contributed by atoms with E-state index in [0.29, 0.717) is 18.2 Å². The lowest BCUT2D eigenvalue weighted by molar-refractivity contribution is 0.00254. The summed E-state index contributed by atoms with van der Waals surface area (Å²) >= 11 is 0. The van der Waals surface area contributed by atoms with Gasteiger partial charge in [0.05, 0.1) is 17.1 Å². The summed E-state index contributed by atoms with van der Waals surface area (Å²) in [6.07, 6.45) is 9.63. The van der Waals surface area contributed by atoms with Crippen LogP contribution in [0.15, 0.2) is 23.0 Å². The quantitative estimate of drug-likeness (QED) is 0.736. The van der Waals surface area contributed by atoms with Gasteiger partial charge in [-0.1, -0.05) is 19.9 Å². The highest BCUT2D eigenvalue weighted by Crippen LogP contribution is 2.31. The van der Waals surface area contributed by atoms with Crippen molar-refractivity contribution in [2.45, 2.75) is 83.4 Å². The van der Waals surface area contributed by atoms with E-state index in [2.05, 4.69) is 41.9 Å². The number of hydrogen-bond donors (Lipinski definition) is 1. The first-order valence-corrected chi connectivity index (χ1v) is 11.3. The first-order chi connectivity index (χ1) is 13.7. The lowest BCUT2D eigenvalue weighted by Gasteiger charge is -2.41. The summed E-state index contributed by atoms with van der Waals surface area (Å²) in [5, 5.41) is 0. The lowest BCUT2D eigenvalue weighted by Crippen LogP contribution is -2.45. The van der Waals surface area contributed by atoms with Gasteiger partial charge in [0.1, 0.15) is 0 Å². The predicted molar refractivity (Wildman–Crippen MR) is 121 cm³/mol. The van der Waals surface area contributed by atoms with Gasteiger partial charge in [0, 0.05) is 31.8 Å². The number of H-pyrrole nitrogens is 1.